The van der Waals surface area contributed by atoms with E-state index < -0.39 is 5.97 Å². The second-order valence-corrected chi connectivity index (χ2v) is 4.82. The zero-order valence-corrected chi connectivity index (χ0v) is 11.1. The number of ether oxygens (including phenoxy) is 1. The van der Waals surface area contributed by atoms with Crippen molar-refractivity contribution >= 4 is 11.9 Å². The van der Waals surface area contributed by atoms with Crippen molar-refractivity contribution in [3.05, 3.63) is 0 Å². The van der Waals surface area contributed by atoms with E-state index in [-0.39, 0.29) is 18.4 Å². The number of hydrogen-bond acceptors (Lipinski definition) is 4. The molecule has 1 unspecified atom stereocenters. The number of amides is 1. The van der Waals surface area contributed by atoms with Crippen LogP contribution in [0.15, 0.2) is 0 Å². The zero-order chi connectivity index (χ0) is 13.5. The smallest absolute Gasteiger partial charge is 0.317 e. The average Bonchev–Trinajstić information content (AvgIpc) is 2.29. The SMILES string of the molecule is COCC(C)CC(=O)N1CCN(CC(=O)O)CC1. The van der Waals surface area contributed by atoms with Gasteiger partial charge in [0.1, 0.15) is 0 Å². The summed E-state index contributed by atoms with van der Waals surface area (Å²) in [7, 11) is 1.63. The molecule has 0 aliphatic carbocycles. The molecule has 0 radical (unpaired) electrons. The molecule has 0 saturated carbocycles. The van der Waals surface area contributed by atoms with Crippen molar-refractivity contribution in [2.45, 2.75) is 13.3 Å². The van der Waals surface area contributed by atoms with E-state index >= 15 is 0 Å². The van der Waals surface area contributed by atoms with Crippen LogP contribution in [0.5, 0.6) is 0 Å². The molecule has 0 aromatic rings. The maximum atomic E-state index is 11.9. The highest BCUT2D eigenvalue weighted by molar-refractivity contribution is 5.76. The van der Waals surface area contributed by atoms with Crippen LogP contribution in [0.25, 0.3) is 0 Å². The lowest BCUT2D eigenvalue weighted by Crippen LogP contribution is -2.50. The summed E-state index contributed by atoms with van der Waals surface area (Å²) in [6.45, 7) is 5.14. The highest BCUT2D eigenvalue weighted by atomic mass is 16.5. The Hall–Kier alpha value is -1.14. The van der Waals surface area contributed by atoms with Gasteiger partial charge in [0.25, 0.3) is 0 Å². The van der Waals surface area contributed by atoms with E-state index in [4.69, 9.17) is 9.84 Å². The standard InChI is InChI=1S/C12H22N2O4/c1-10(9-18-2)7-11(15)14-5-3-13(4-6-14)8-12(16)17/h10H,3-9H2,1-2H3,(H,16,17). The molecule has 0 bridgehead atoms. The lowest BCUT2D eigenvalue weighted by molar-refractivity contribution is -0.139. The maximum Gasteiger partial charge on any atom is 0.317 e. The quantitative estimate of drug-likeness (QED) is 0.719. The molecule has 6 nitrogen and oxygen atoms in total. The van der Waals surface area contributed by atoms with E-state index in [1.165, 1.54) is 0 Å². The Kier molecular flexibility index (Phi) is 6.07. The summed E-state index contributed by atoms with van der Waals surface area (Å²) in [5, 5.41) is 8.68. The van der Waals surface area contributed by atoms with Gasteiger partial charge in [0.15, 0.2) is 0 Å². The van der Waals surface area contributed by atoms with Crippen LogP contribution in [0, 0.1) is 5.92 Å². The van der Waals surface area contributed by atoms with Crippen LogP contribution < -0.4 is 0 Å². The number of methoxy groups -OCH3 is 1. The van der Waals surface area contributed by atoms with E-state index in [1.54, 1.807) is 7.11 Å². The van der Waals surface area contributed by atoms with Crippen LogP contribution in [-0.4, -0.2) is 73.2 Å². The van der Waals surface area contributed by atoms with Crippen LogP contribution in [-0.2, 0) is 14.3 Å². The summed E-state index contributed by atoms with van der Waals surface area (Å²) < 4.78 is 5.01. The first-order valence-corrected chi connectivity index (χ1v) is 6.23. The Morgan fingerprint density at radius 1 is 1.28 bits per heavy atom. The molecule has 18 heavy (non-hydrogen) atoms. The molecule has 0 aromatic heterocycles. The van der Waals surface area contributed by atoms with Crippen molar-refractivity contribution in [1.29, 1.82) is 0 Å². The third-order valence-corrected chi connectivity index (χ3v) is 3.06. The van der Waals surface area contributed by atoms with Crippen LogP contribution in [0.3, 0.4) is 0 Å². The Labute approximate surface area is 107 Å². The lowest BCUT2D eigenvalue weighted by atomic mass is 10.1. The van der Waals surface area contributed by atoms with Crippen LogP contribution in [0.4, 0.5) is 0 Å². The van der Waals surface area contributed by atoms with Gasteiger partial charge in [-0.3, -0.25) is 14.5 Å². The molecule has 0 spiro atoms. The van der Waals surface area contributed by atoms with Gasteiger partial charge in [-0.2, -0.15) is 0 Å². The molecule has 1 atom stereocenters. The number of piperazine rings is 1. The fraction of sp³-hybridized carbons (Fsp3) is 0.833. The van der Waals surface area contributed by atoms with Gasteiger partial charge in [-0.25, -0.2) is 0 Å². The molecule has 0 aromatic carbocycles. The van der Waals surface area contributed by atoms with Gasteiger partial charge >= 0.3 is 5.97 Å². The number of carbonyl (C=O) groups excluding carboxylic acids is 1. The fourth-order valence-corrected chi connectivity index (χ4v) is 2.12. The molecular weight excluding hydrogens is 236 g/mol. The van der Waals surface area contributed by atoms with Crippen molar-refractivity contribution in [2.75, 3.05) is 46.4 Å². The van der Waals surface area contributed by atoms with Crippen molar-refractivity contribution in [3.63, 3.8) is 0 Å². The molecule has 104 valence electrons. The van der Waals surface area contributed by atoms with Crippen molar-refractivity contribution in [1.82, 2.24) is 9.80 Å². The molecule has 6 heteroatoms. The van der Waals surface area contributed by atoms with Crippen LogP contribution in [0.1, 0.15) is 13.3 Å². The number of carboxylic acids is 1. The molecule has 1 heterocycles. The van der Waals surface area contributed by atoms with E-state index in [9.17, 15) is 9.59 Å². The maximum absolute atomic E-state index is 11.9. The number of nitrogens with zero attached hydrogens (tertiary/aromatic N) is 2. The zero-order valence-electron chi connectivity index (χ0n) is 11.1. The van der Waals surface area contributed by atoms with E-state index in [0.29, 0.717) is 39.2 Å². The number of aliphatic carboxylic acids is 1. The van der Waals surface area contributed by atoms with Crippen molar-refractivity contribution in [2.24, 2.45) is 5.92 Å². The van der Waals surface area contributed by atoms with Crippen molar-refractivity contribution < 1.29 is 19.4 Å². The molecule has 1 saturated heterocycles. The van der Waals surface area contributed by atoms with Gasteiger partial charge in [-0.15, -0.1) is 0 Å². The summed E-state index contributed by atoms with van der Waals surface area (Å²) >= 11 is 0. The molecule has 1 N–H and O–H groups in total. The van der Waals surface area contributed by atoms with E-state index in [0.717, 1.165) is 0 Å². The van der Waals surface area contributed by atoms with Gasteiger partial charge < -0.3 is 14.7 Å². The van der Waals surface area contributed by atoms with Crippen LogP contribution >= 0.6 is 0 Å². The summed E-state index contributed by atoms with van der Waals surface area (Å²) in [6, 6.07) is 0. The van der Waals surface area contributed by atoms with Gasteiger partial charge in [0.05, 0.1) is 6.54 Å². The Bertz CT molecular complexity index is 288. The summed E-state index contributed by atoms with van der Waals surface area (Å²) in [5.41, 5.74) is 0. The van der Waals surface area contributed by atoms with E-state index in [2.05, 4.69) is 0 Å². The Morgan fingerprint density at radius 3 is 2.39 bits per heavy atom. The van der Waals surface area contributed by atoms with Crippen LogP contribution in [0.2, 0.25) is 0 Å². The predicted molar refractivity (Wildman–Crippen MR) is 66.3 cm³/mol. The first-order valence-electron chi connectivity index (χ1n) is 6.23. The minimum Gasteiger partial charge on any atom is -0.480 e. The van der Waals surface area contributed by atoms with Gasteiger partial charge in [-0.05, 0) is 5.92 Å². The lowest BCUT2D eigenvalue weighted by Gasteiger charge is -2.34. The largest absolute Gasteiger partial charge is 0.480 e. The highest BCUT2D eigenvalue weighted by Gasteiger charge is 2.23. The fourth-order valence-electron chi connectivity index (χ4n) is 2.12. The van der Waals surface area contributed by atoms with E-state index in [1.807, 2.05) is 16.7 Å². The van der Waals surface area contributed by atoms with Crippen molar-refractivity contribution in [3.8, 4) is 0 Å². The van der Waals surface area contributed by atoms with Gasteiger partial charge in [-0.1, -0.05) is 6.92 Å². The first-order chi connectivity index (χ1) is 8.52. The number of rotatable bonds is 6. The second-order valence-electron chi connectivity index (χ2n) is 4.82. The topological polar surface area (TPSA) is 70.1 Å². The normalized spacial score (nSPS) is 18.7. The van der Waals surface area contributed by atoms with Gasteiger partial charge in [0, 0.05) is 46.3 Å². The molecule has 1 amide bonds. The summed E-state index contributed by atoms with van der Waals surface area (Å²) in [6.07, 6.45) is 0.493. The second kappa shape index (κ2) is 7.33. The third kappa shape index (κ3) is 5.01. The number of carbonyl (C=O) groups is 2. The highest BCUT2D eigenvalue weighted by Crippen LogP contribution is 2.09. The third-order valence-electron chi connectivity index (χ3n) is 3.06. The molecule has 1 rings (SSSR count). The van der Waals surface area contributed by atoms with Gasteiger partial charge in [0.2, 0.25) is 5.91 Å². The first kappa shape index (κ1) is 14.9. The Balaban J connectivity index is 2.29. The predicted octanol–water partition coefficient (Wildman–Crippen LogP) is -0.112. The number of hydrogen-bond donors (Lipinski definition) is 1. The Morgan fingerprint density at radius 2 is 1.89 bits per heavy atom. The monoisotopic (exact) mass is 258 g/mol. The minimum atomic E-state index is -0.816. The number of carboxylic acid groups (broad SMARTS) is 1. The molecule has 1 aliphatic rings. The molecule has 1 aliphatic heterocycles. The summed E-state index contributed by atoms with van der Waals surface area (Å²) in [5.74, 6) is -0.461. The average molecular weight is 258 g/mol. The minimum absolute atomic E-state index is 0.0576. The molecular formula is C12H22N2O4. The summed E-state index contributed by atoms with van der Waals surface area (Å²) in [4.78, 5) is 26.2. The molecule has 1 fully saturated rings.